The van der Waals surface area contributed by atoms with Crippen LogP contribution in [0.2, 0.25) is 0 Å². The first-order chi connectivity index (χ1) is 8.25. The van der Waals surface area contributed by atoms with Crippen molar-refractivity contribution in [2.45, 2.75) is 6.92 Å². The van der Waals surface area contributed by atoms with Gasteiger partial charge in [-0.3, -0.25) is 0 Å². The number of aromatic amines is 1. The van der Waals surface area contributed by atoms with E-state index in [-0.39, 0.29) is 0 Å². The molecule has 3 rings (SSSR count). The van der Waals surface area contributed by atoms with E-state index in [1.165, 1.54) is 12.5 Å². The Bertz CT molecular complexity index is 691. The van der Waals surface area contributed by atoms with Crippen molar-refractivity contribution >= 4 is 11.0 Å². The lowest BCUT2D eigenvalue weighted by atomic mass is 10.2. The first-order valence-corrected chi connectivity index (χ1v) is 5.02. The summed E-state index contributed by atoms with van der Waals surface area (Å²) >= 11 is 0. The molecule has 0 radical (unpaired) electrons. The van der Waals surface area contributed by atoms with Crippen LogP contribution in [0.15, 0.2) is 24.9 Å². The van der Waals surface area contributed by atoms with E-state index >= 15 is 0 Å². The molecule has 0 atom stereocenters. The minimum Gasteiger partial charge on any atom is -0.345 e. The molecule has 0 aromatic carbocycles. The molecular weight excluding hydrogens is 221 g/mol. The highest BCUT2D eigenvalue weighted by Crippen LogP contribution is 2.24. The van der Waals surface area contributed by atoms with Gasteiger partial charge in [0.1, 0.15) is 12.0 Å². The summed E-state index contributed by atoms with van der Waals surface area (Å²) < 4.78 is 13.1. The van der Waals surface area contributed by atoms with E-state index in [1.54, 1.807) is 19.3 Å². The Morgan fingerprint density at radius 3 is 2.94 bits per heavy atom. The smallest absolute Gasteiger partial charge is 0.162 e. The van der Waals surface area contributed by atoms with E-state index in [1.807, 2.05) is 0 Å². The highest BCUT2D eigenvalue weighted by atomic mass is 19.1. The quantitative estimate of drug-likeness (QED) is 0.691. The van der Waals surface area contributed by atoms with Crippen LogP contribution < -0.4 is 0 Å². The standard InChI is InChI=1S/C11H8FN5/c1-6-9(12)4-15-11(17-6)8-3-14-10-7(8)2-13-5-16-10/h2-5H,1H3,(H,13,14,16). The summed E-state index contributed by atoms with van der Waals surface area (Å²) in [5, 5.41) is 0.818. The predicted octanol–water partition coefficient (Wildman–Crippen LogP) is 1.86. The summed E-state index contributed by atoms with van der Waals surface area (Å²) in [7, 11) is 0. The normalized spacial score (nSPS) is 10.9. The van der Waals surface area contributed by atoms with E-state index in [0.29, 0.717) is 17.2 Å². The zero-order valence-electron chi connectivity index (χ0n) is 8.98. The lowest BCUT2D eigenvalue weighted by molar-refractivity contribution is 0.602. The van der Waals surface area contributed by atoms with Crippen molar-refractivity contribution in [3.8, 4) is 11.4 Å². The number of fused-ring (bicyclic) bond motifs is 1. The van der Waals surface area contributed by atoms with E-state index < -0.39 is 5.82 Å². The summed E-state index contributed by atoms with van der Waals surface area (Å²) in [6, 6.07) is 0. The summed E-state index contributed by atoms with van der Waals surface area (Å²) in [4.78, 5) is 19.1. The van der Waals surface area contributed by atoms with Gasteiger partial charge >= 0.3 is 0 Å². The average Bonchev–Trinajstić information content (AvgIpc) is 2.76. The van der Waals surface area contributed by atoms with Gasteiger partial charge in [0.25, 0.3) is 0 Å². The molecule has 84 valence electrons. The van der Waals surface area contributed by atoms with Crippen LogP contribution in [-0.4, -0.2) is 24.9 Å². The number of H-pyrrole nitrogens is 1. The topological polar surface area (TPSA) is 67.3 Å². The van der Waals surface area contributed by atoms with Gasteiger partial charge in [0, 0.05) is 23.3 Å². The predicted molar refractivity (Wildman–Crippen MR) is 59.6 cm³/mol. The molecule has 0 unspecified atom stereocenters. The summed E-state index contributed by atoms with van der Waals surface area (Å²) in [6.07, 6.45) is 6.04. The fraction of sp³-hybridized carbons (Fsp3) is 0.0909. The van der Waals surface area contributed by atoms with Gasteiger partial charge in [-0.25, -0.2) is 24.3 Å². The van der Waals surface area contributed by atoms with Gasteiger partial charge in [-0.15, -0.1) is 0 Å². The van der Waals surface area contributed by atoms with Crippen molar-refractivity contribution in [2.75, 3.05) is 0 Å². The van der Waals surface area contributed by atoms with Crippen molar-refractivity contribution in [3.63, 3.8) is 0 Å². The van der Waals surface area contributed by atoms with Crippen LogP contribution in [0, 0.1) is 12.7 Å². The van der Waals surface area contributed by atoms with Crippen LogP contribution in [0.4, 0.5) is 4.39 Å². The lowest BCUT2D eigenvalue weighted by Gasteiger charge is -1.99. The molecular formula is C11H8FN5. The van der Waals surface area contributed by atoms with Crippen LogP contribution >= 0.6 is 0 Å². The number of halogens is 1. The summed E-state index contributed by atoms with van der Waals surface area (Å²) in [5.41, 5.74) is 1.80. The highest BCUT2D eigenvalue weighted by molar-refractivity contribution is 5.90. The molecule has 6 heteroatoms. The lowest BCUT2D eigenvalue weighted by Crippen LogP contribution is -1.94. The Morgan fingerprint density at radius 2 is 2.12 bits per heavy atom. The molecule has 0 amide bonds. The van der Waals surface area contributed by atoms with Gasteiger partial charge in [0.15, 0.2) is 11.6 Å². The number of hydrogen-bond acceptors (Lipinski definition) is 4. The zero-order valence-corrected chi connectivity index (χ0v) is 8.98. The van der Waals surface area contributed by atoms with Gasteiger partial charge in [0.2, 0.25) is 0 Å². The molecule has 0 saturated heterocycles. The minimum atomic E-state index is -0.412. The third kappa shape index (κ3) is 1.54. The molecule has 3 aromatic rings. The van der Waals surface area contributed by atoms with Crippen LogP contribution in [-0.2, 0) is 0 Å². The minimum absolute atomic E-state index is 0.321. The van der Waals surface area contributed by atoms with Crippen molar-refractivity contribution in [1.29, 1.82) is 0 Å². The third-order valence-electron chi connectivity index (χ3n) is 2.52. The van der Waals surface area contributed by atoms with Crippen molar-refractivity contribution in [1.82, 2.24) is 24.9 Å². The zero-order chi connectivity index (χ0) is 11.8. The number of rotatable bonds is 1. The van der Waals surface area contributed by atoms with Gasteiger partial charge < -0.3 is 4.98 Å². The maximum Gasteiger partial charge on any atom is 0.162 e. The van der Waals surface area contributed by atoms with Crippen LogP contribution in [0.25, 0.3) is 22.4 Å². The molecule has 0 aliphatic rings. The molecule has 0 bridgehead atoms. The summed E-state index contributed by atoms with van der Waals surface area (Å²) in [6.45, 7) is 1.60. The number of hydrogen-bond donors (Lipinski definition) is 1. The number of nitrogens with zero attached hydrogens (tertiary/aromatic N) is 4. The highest BCUT2D eigenvalue weighted by Gasteiger charge is 2.10. The van der Waals surface area contributed by atoms with Crippen molar-refractivity contribution < 1.29 is 4.39 Å². The second kappa shape index (κ2) is 3.58. The van der Waals surface area contributed by atoms with Gasteiger partial charge in [-0.05, 0) is 6.92 Å². The molecule has 0 aliphatic heterocycles. The Kier molecular flexibility index (Phi) is 2.07. The monoisotopic (exact) mass is 229 g/mol. The molecule has 0 fully saturated rings. The number of aryl methyl sites for hydroxylation is 1. The van der Waals surface area contributed by atoms with E-state index in [2.05, 4.69) is 24.9 Å². The van der Waals surface area contributed by atoms with Crippen molar-refractivity contribution in [3.05, 3.63) is 36.4 Å². The van der Waals surface area contributed by atoms with Crippen LogP contribution in [0.1, 0.15) is 5.69 Å². The third-order valence-corrected chi connectivity index (χ3v) is 2.52. The van der Waals surface area contributed by atoms with Gasteiger partial charge in [0.05, 0.1) is 11.9 Å². The Hall–Kier alpha value is -2.37. The molecule has 0 saturated carbocycles. The Morgan fingerprint density at radius 1 is 1.24 bits per heavy atom. The second-order valence-electron chi connectivity index (χ2n) is 3.61. The maximum absolute atomic E-state index is 13.1. The van der Waals surface area contributed by atoms with E-state index in [4.69, 9.17) is 0 Å². The number of aromatic nitrogens is 5. The van der Waals surface area contributed by atoms with E-state index in [0.717, 1.165) is 10.9 Å². The largest absolute Gasteiger partial charge is 0.345 e. The summed E-state index contributed by atoms with van der Waals surface area (Å²) in [5.74, 6) is 0.0507. The second-order valence-corrected chi connectivity index (χ2v) is 3.61. The average molecular weight is 229 g/mol. The molecule has 0 aliphatic carbocycles. The van der Waals surface area contributed by atoms with Crippen LogP contribution in [0.3, 0.4) is 0 Å². The molecule has 3 aromatic heterocycles. The fourth-order valence-corrected chi connectivity index (χ4v) is 1.63. The molecule has 0 spiro atoms. The molecule has 17 heavy (non-hydrogen) atoms. The fourth-order valence-electron chi connectivity index (χ4n) is 1.63. The van der Waals surface area contributed by atoms with Gasteiger partial charge in [-0.1, -0.05) is 0 Å². The Labute approximate surface area is 95.8 Å². The van der Waals surface area contributed by atoms with Crippen molar-refractivity contribution in [2.24, 2.45) is 0 Å². The molecule has 3 heterocycles. The van der Waals surface area contributed by atoms with Gasteiger partial charge in [-0.2, -0.15) is 0 Å². The molecule has 5 nitrogen and oxygen atoms in total. The number of nitrogens with one attached hydrogen (secondary N) is 1. The first kappa shape index (κ1) is 9.83. The maximum atomic E-state index is 13.1. The van der Waals surface area contributed by atoms with Crippen LogP contribution in [0.5, 0.6) is 0 Å². The van der Waals surface area contributed by atoms with E-state index in [9.17, 15) is 4.39 Å². The Balaban J connectivity index is 2.24. The SMILES string of the molecule is Cc1nc(-c2c[nH]c3ncncc23)ncc1F. The molecule has 1 N–H and O–H groups in total. The first-order valence-electron chi connectivity index (χ1n) is 5.02.